The van der Waals surface area contributed by atoms with Crippen LogP contribution in [0.5, 0.6) is 0 Å². The van der Waals surface area contributed by atoms with E-state index < -0.39 is 0 Å². The smallest absolute Gasteiger partial charge is 0.225 e. The minimum atomic E-state index is 0.468. The van der Waals surface area contributed by atoms with Crippen LogP contribution >= 0.6 is 0 Å². The predicted octanol–water partition coefficient (Wildman–Crippen LogP) is 6.11. The maximum absolute atomic E-state index is 4.93. The third kappa shape index (κ3) is 6.58. The molecular formula is C32H41N5. The minimum absolute atomic E-state index is 0.468. The molecule has 0 radical (unpaired) electrons. The number of nitrogens with zero attached hydrogens (tertiary/aromatic N) is 3. The van der Waals surface area contributed by atoms with Gasteiger partial charge >= 0.3 is 0 Å². The minimum Gasteiger partial charge on any atom is -0.362 e. The second-order valence-corrected chi connectivity index (χ2v) is 10.8. The molecule has 1 heterocycles. The van der Waals surface area contributed by atoms with Gasteiger partial charge in [-0.05, 0) is 80.5 Å². The molecule has 2 aliphatic carbocycles. The first-order valence-electron chi connectivity index (χ1n) is 14.0. The third-order valence-electron chi connectivity index (χ3n) is 7.82. The van der Waals surface area contributed by atoms with Gasteiger partial charge in [-0.25, -0.2) is 4.98 Å². The van der Waals surface area contributed by atoms with Crippen molar-refractivity contribution in [1.82, 2.24) is 15.3 Å². The van der Waals surface area contributed by atoms with E-state index in [9.17, 15) is 0 Å². The molecule has 1 aromatic heterocycles. The first-order chi connectivity index (χ1) is 18.2. The van der Waals surface area contributed by atoms with Gasteiger partial charge < -0.3 is 15.5 Å². The van der Waals surface area contributed by atoms with Crippen molar-refractivity contribution >= 4 is 17.3 Å². The van der Waals surface area contributed by atoms with E-state index in [2.05, 4.69) is 96.4 Å². The van der Waals surface area contributed by atoms with Crippen molar-refractivity contribution < 1.29 is 0 Å². The summed E-state index contributed by atoms with van der Waals surface area (Å²) in [7, 11) is 4.19. The van der Waals surface area contributed by atoms with Crippen LogP contribution < -0.4 is 15.5 Å². The van der Waals surface area contributed by atoms with Crippen molar-refractivity contribution in [3.63, 3.8) is 0 Å². The second-order valence-electron chi connectivity index (χ2n) is 10.8. The zero-order chi connectivity index (χ0) is 25.5. The van der Waals surface area contributed by atoms with Crippen molar-refractivity contribution in [2.75, 3.05) is 37.4 Å². The Morgan fingerprint density at radius 1 is 0.865 bits per heavy atom. The lowest BCUT2D eigenvalue weighted by molar-refractivity contribution is 0.327. The molecule has 37 heavy (non-hydrogen) atoms. The number of nitrogens with one attached hydrogen (secondary N) is 2. The molecule has 0 bridgehead atoms. The number of fused-ring (bicyclic) bond motifs is 1. The van der Waals surface area contributed by atoms with E-state index >= 15 is 0 Å². The quantitative estimate of drug-likeness (QED) is 0.351. The molecular weight excluding hydrogens is 454 g/mol. The lowest BCUT2D eigenvalue weighted by atomic mass is 9.86. The Balaban J connectivity index is 1.13. The van der Waals surface area contributed by atoms with E-state index in [1.807, 2.05) is 0 Å². The molecule has 5 heteroatoms. The van der Waals surface area contributed by atoms with Gasteiger partial charge in [-0.3, -0.25) is 0 Å². The van der Waals surface area contributed by atoms with Gasteiger partial charge in [0.2, 0.25) is 5.95 Å². The summed E-state index contributed by atoms with van der Waals surface area (Å²) in [5.74, 6) is 2.65. The fourth-order valence-corrected chi connectivity index (χ4v) is 5.80. The Bertz CT molecular complexity index is 1120. The van der Waals surface area contributed by atoms with Crippen LogP contribution in [0.1, 0.15) is 60.9 Å². The zero-order valence-corrected chi connectivity index (χ0v) is 22.4. The van der Waals surface area contributed by atoms with Crippen LogP contribution in [0.25, 0.3) is 5.57 Å². The molecule has 0 saturated heterocycles. The number of aryl methyl sites for hydroxylation is 1. The van der Waals surface area contributed by atoms with E-state index in [4.69, 9.17) is 9.97 Å². The van der Waals surface area contributed by atoms with Gasteiger partial charge in [-0.15, -0.1) is 0 Å². The molecule has 2 N–H and O–H groups in total. The summed E-state index contributed by atoms with van der Waals surface area (Å²) in [5.41, 5.74) is 6.44. The lowest BCUT2D eigenvalue weighted by Crippen LogP contribution is -2.32. The van der Waals surface area contributed by atoms with Crippen LogP contribution in [-0.2, 0) is 12.8 Å². The lowest BCUT2D eigenvalue weighted by Gasteiger charge is -2.30. The number of benzene rings is 2. The van der Waals surface area contributed by atoms with E-state index in [1.54, 1.807) is 0 Å². The van der Waals surface area contributed by atoms with E-state index in [1.165, 1.54) is 66.5 Å². The number of aromatic nitrogens is 2. The van der Waals surface area contributed by atoms with Gasteiger partial charge in [0.25, 0.3) is 0 Å². The zero-order valence-electron chi connectivity index (χ0n) is 22.4. The van der Waals surface area contributed by atoms with Gasteiger partial charge in [0.1, 0.15) is 5.82 Å². The molecule has 0 spiro atoms. The van der Waals surface area contributed by atoms with E-state index in [0.717, 1.165) is 43.6 Å². The highest BCUT2D eigenvalue weighted by Gasteiger charge is 2.24. The molecule has 2 aliphatic rings. The Hall–Kier alpha value is -3.18. The van der Waals surface area contributed by atoms with Gasteiger partial charge in [-0.1, -0.05) is 66.7 Å². The SMILES string of the molecule is CN(C)c1nc(N[C@H]2CC[C@@H](CNCC=C(c3ccccc3)c3ccccc3)CC2)nc2c1CCCC2. The van der Waals surface area contributed by atoms with Crippen LogP contribution in [-0.4, -0.2) is 43.2 Å². The van der Waals surface area contributed by atoms with Gasteiger partial charge in [0, 0.05) is 32.2 Å². The summed E-state index contributed by atoms with van der Waals surface area (Å²) in [6.45, 7) is 1.95. The largest absolute Gasteiger partial charge is 0.362 e. The van der Waals surface area contributed by atoms with E-state index in [-0.39, 0.29) is 0 Å². The normalized spacial score (nSPS) is 19.1. The molecule has 1 fully saturated rings. The Labute approximate surface area is 222 Å². The fraction of sp³-hybridized carbons (Fsp3) is 0.438. The van der Waals surface area contributed by atoms with Crippen molar-refractivity contribution in [1.29, 1.82) is 0 Å². The Kier molecular flexibility index (Phi) is 8.52. The Morgan fingerprint density at radius 3 is 2.16 bits per heavy atom. The molecule has 2 aromatic carbocycles. The first kappa shape index (κ1) is 25.5. The van der Waals surface area contributed by atoms with Crippen molar-refractivity contribution in [2.45, 2.75) is 57.4 Å². The van der Waals surface area contributed by atoms with Gasteiger partial charge in [0.15, 0.2) is 0 Å². The molecule has 3 aromatic rings. The van der Waals surface area contributed by atoms with E-state index in [0.29, 0.717) is 6.04 Å². The predicted molar refractivity (Wildman–Crippen MR) is 155 cm³/mol. The van der Waals surface area contributed by atoms with Crippen molar-refractivity contribution in [3.8, 4) is 0 Å². The van der Waals surface area contributed by atoms with Crippen LogP contribution in [0.4, 0.5) is 11.8 Å². The molecule has 0 atom stereocenters. The van der Waals surface area contributed by atoms with Crippen LogP contribution in [0.3, 0.4) is 0 Å². The maximum atomic E-state index is 4.93. The fourth-order valence-electron chi connectivity index (χ4n) is 5.80. The summed E-state index contributed by atoms with van der Waals surface area (Å²) < 4.78 is 0. The number of hydrogen-bond donors (Lipinski definition) is 2. The number of hydrogen-bond acceptors (Lipinski definition) is 5. The van der Waals surface area contributed by atoms with Crippen molar-refractivity contribution in [3.05, 3.63) is 89.1 Å². The highest BCUT2D eigenvalue weighted by atomic mass is 15.2. The van der Waals surface area contributed by atoms with Gasteiger partial charge in [-0.2, -0.15) is 4.98 Å². The van der Waals surface area contributed by atoms with Crippen LogP contribution in [0, 0.1) is 5.92 Å². The Morgan fingerprint density at radius 2 is 1.51 bits per heavy atom. The molecule has 5 rings (SSSR count). The summed E-state index contributed by atoms with van der Waals surface area (Å²) >= 11 is 0. The molecule has 0 unspecified atom stereocenters. The molecule has 5 nitrogen and oxygen atoms in total. The van der Waals surface area contributed by atoms with Gasteiger partial charge in [0.05, 0.1) is 5.69 Å². The third-order valence-corrected chi connectivity index (χ3v) is 7.82. The average molecular weight is 496 g/mol. The average Bonchev–Trinajstić information content (AvgIpc) is 2.94. The topological polar surface area (TPSA) is 53.1 Å². The van der Waals surface area contributed by atoms with Crippen molar-refractivity contribution in [2.24, 2.45) is 5.92 Å². The molecule has 194 valence electrons. The summed E-state index contributed by atoms with van der Waals surface area (Å²) in [4.78, 5) is 12.0. The summed E-state index contributed by atoms with van der Waals surface area (Å²) in [5, 5.41) is 7.40. The molecule has 0 amide bonds. The summed E-state index contributed by atoms with van der Waals surface area (Å²) in [6.07, 6.45) is 11.9. The number of anilines is 2. The molecule has 1 saturated carbocycles. The highest BCUT2D eigenvalue weighted by molar-refractivity contribution is 5.79. The highest BCUT2D eigenvalue weighted by Crippen LogP contribution is 2.30. The maximum Gasteiger partial charge on any atom is 0.225 e. The van der Waals surface area contributed by atoms with Crippen LogP contribution in [0.15, 0.2) is 66.7 Å². The summed E-state index contributed by atoms with van der Waals surface area (Å²) in [6, 6.07) is 21.9. The van der Waals surface area contributed by atoms with Crippen LogP contribution in [0.2, 0.25) is 0 Å². The first-order valence-corrected chi connectivity index (χ1v) is 14.0. The second kappa shape index (κ2) is 12.4. The monoisotopic (exact) mass is 495 g/mol. The molecule has 0 aliphatic heterocycles. The number of rotatable bonds is 9. The standard InChI is InChI=1S/C32H41N5/c1-37(2)31-29-15-9-10-16-30(29)35-32(36-31)34-27-19-17-24(18-20-27)23-33-22-21-28(25-11-5-3-6-12-25)26-13-7-4-8-14-26/h3-8,11-14,21,24,27,33H,9-10,15-20,22-23H2,1-2H3,(H,34,35,36)/t24-,27+.